The first-order chi connectivity index (χ1) is 8.93. The summed E-state index contributed by atoms with van der Waals surface area (Å²) in [6.45, 7) is -0.0246. The number of nitrogens with zero attached hydrogens (tertiary/aromatic N) is 2. The molecule has 3 N–H and O–H groups in total. The van der Waals surface area contributed by atoms with Crippen molar-refractivity contribution in [2.75, 3.05) is 18.1 Å². The number of nitrogen functional groups attached to an aromatic ring is 1. The predicted molar refractivity (Wildman–Crippen MR) is 66.7 cm³/mol. The van der Waals surface area contributed by atoms with Crippen LogP contribution in [0.2, 0.25) is 0 Å². The molecule has 0 atom stereocenters. The average Bonchev–Trinajstić information content (AvgIpc) is 2.70. The van der Waals surface area contributed by atoms with Crippen molar-refractivity contribution in [2.24, 2.45) is 0 Å². The summed E-state index contributed by atoms with van der Waals surface area (Å²) in [5.41, 5.74) is 5.83. The monoisotopic (exact) mass is 270 g/mol. The van der Waals surface area contributed by atoms with Crippen LogP contribution in [0.4, 0.5) is 24.7 Å². The second kappa shape index (κ2) is 4.83. The van der Waals surface area contributed by atoms with Crippen molar-refractivity contribution in [1.82, 2.24) is 9.78 Å². The van der Waals surface area contributed by atoms with Gasteiger partial charge in [0.25, 0.3) is 0 Å². The lowest BCUT2D eigenvalue weighted by Gasteiger charge is -2.13. The van der Waals surface area contributed by atoms with Crippen molar-refractivity contribution in [1.29, 1.82) is 0 Å². The minimum atomic E-state index is -4.38. The average molecular weight is 270 g/mol. The molecule has 1 heterocycles. The first-order valence-electron chi connectivity index (χ1n) is 5.57. The first-order valence-corrected chi connectivity index (χ1v) is 5.57. The van der Waals surface area contributed by atoms with E-state index >= 15 is 0 Å². The highest BCUT2D eigenvalue weighted by atomic mass is 19.4. The van der Waals surface area contributed by atoms with Crippen LogP contribution in [-0.2, 0) is 12.7 Å². The van der Waals surface area contributed by atoms with Gasteiger partial charge in [0.2, 0.25) is 0 Å². The number of nitrogens with two attached hydrogens (primary N) is 1. The van der Waals surface area contributed by atoms with E-state index in [0.29, 0.717) is 11.5 Å². The van der Waals surface area contributed by atoms with Gasteiger partial charge in [-0.3, -0.25) is 0 Å². The molecule has 1 aromatic carbocycles. The fourth-order valence-electron chi connectivity index (χ4n) is 1.81. The van der Waals surface area contributed by atoms with E-state index < -0.39 is 11.7 Å². The summed E-state index contributed by atoms with van der Waals surface area (Å²) in [6, 6.07) is 5.39. The Labute approximate surface area is 108 Å². The molecule has 0 saturated carbocycles. The Bertz CT molecular complexity index is 575. The smallest absolute Gasteiger partial charge is 0.384 e. The molecule has 0 spiro atoms. The highest BCUT2D eigenvalue weighted by Gasteiger charge is 2.33. The van der Waals surface area contributed by atoms with Crippen LogP contribution in [0.1, 0.15) is 11.1 Å². The SMILES string of the molecule is CNc1cnn(Cc2ccccc2C(F)(F)F)c1N. The normalized spacial score (nSPS) is 11.6. The van der Waals surface area contributed by atoms with Crippen LogP contribution in [-0.4, -0.2) is 16.8 Å². The first kappa shape index (κ1) is 13.3. The highest BCUT2D eigenvalue weighted by molar-refractivity contribution is 5.60. The number of nitrogens with one attached hydrogen (secondary N) is 1. The maximum absolute atomic E-state index is 12.8. The van der Waals surface area contributed by atoms with Gasteiger partial charge in [0.1, 0.15) is 5.82 Å². The van der Waals surface area contributed by atoms with Crippen LogP contribution < -0.4 is 11.1 Å². The number of benzene rings is 1. The topological polar surface area (TPSA) is 55.9 Å². The van der Waals surface area contributed by atoms with Gasteiger partial charge in [0, 0.05) is 7.05 Å². The van der Waals surface area contributed by atoms with E-state index in [1.807, 2.05) is 0 Å². The number of aromatic nitrogens is 2. The van der Waals surface area contributed by atoms with Crippen molar-refractivity contribution >= 4 is 11.5 Å². The molecule has 102 valence electrons. The molecule has 0 saturated heterocycles. The zero-order valence-corrected chi connectivity index (χ0v) is 10.2. The predicted octanol–water partition coefficient (Wildman–Crippen LogP) is 2.57. The van der Waals surface area contributed by atoms with E-state index in [2.05, 4.69) is 10.4 Å². The van der Waals surface area contributed by atoms with Gasteiger partial charge in [-0.2, -0.15) is 18.3 Å². The molecule has 2 aromatic rings. The zero-order valence-electron chi connectivity index (χ0n) is 10.2. The molecule has 0 bridgehead atoms. The van der Waals surface area contributed by atoms with Crippen LogP contribution in [0.5, 0.6) is 0 Å². The summed E-state index contributed by atoms with van der Waals surface area (Å²) in [4.78, 5) is 0. The van der Waals surface area contributed by atoms with Gasteiger partial charge in [-0.25, -0.2) is 4.68 Å². The van der Waals surface area contributed by atoms with Crippen LogP contribution in [0.3, 0.4) is 0 Å². The molecule has 0 amide bonds. The van der Waals surface area contributed by atoms with Gasteiger partial charge >= 0.3 is 6.18 Å². The zero-order chi connectivity index (χ0) is 14.0. The summed E-state index contributed by atoms with van der Waals surface area (Å²) in [5.74, 6) is 0.305. The second-order valence-corrected chi connectivity index (χ2v) is 4.01. The molecule has 4 nitrogen and oxygen atoms in total. The Kier molecular flexibility index (Phi) is 3.37. The summed E-state index contributed by atoms with van der Waals surface area (Å²) in [6.07, 6.45) is -2.91. The lowest BCUT2D eigenvalue weighted by atomic mass is 10.1. The molecular formula is C12H13F3N4. The number of hydrogen-bond acceptors (Lipinski definition) is 3. The van der Waals surface area contributed by atoms with Crippen LogP contribution in [0, 0.1) is 0 Å². The van der Waals surface area contributed by atoms with E-state index in [1.54, 1.807) is 13.1 Å². The number of hydrogen-bond donors (Lipinski definition) is 2. The Balaban J connectivity index is 2.36. The maximum Gasteiger partial charge on any atom is 0.416 e. The molecule has 0 fully saturated rings. The number of rotatable bonds is 3. The van der Waals surface area contributed by atoms with Gasteiger partial charge in [-0.1, -0.05) is 18.2 Å². The molecule has 0 aliphatic heterocycles. The third-order valence-corrected chi connectivity index (χ3v) is 2.79. The summed E-state index contributed by atoms with van der Waals surface area (Å²) in [5, 5.41) is 6.78. The van der Waals surface area contributed by atoms with Crippen LogP contribution in [0.15, 0.2) is 30.5 Å². The van der Waals surface area contributed by atoms with E-state index in [4.69, 9.17) is 5.73 Å². The molecule has 19 heavy (non-hydrogen) atoms. The van der Waals surface area contributed by atoms with E-state index in [0.717, 1.165) is 6.07 Å². The van der Waals surface area contributed by atoms with Crippen LogP contribution in [0.25, 0.3) is 0 Å². The molecule has 0 radical (unpaired) electrons. The third kappa shape index (κ3) is 2.64. The van der Waals surface area contributed by atoms with Crippen molar-refractivity contribution in [3.63, 3.8) is 0 Å². The summed E-state index contributed by atoms with van der Waals surface area (Å²) in [7, 11) is 1.67. The number of halogens is 3. The Morgan fingerprint density at radius 3 is 2.58 bits per heavy atom. The maximum atomic E-state index is 12.8. The van der Waals surface area contributed by atoms with E-state index in [-0.39, 0.29) is 12.1 Å². The van der Waals surface area contributed by atoms with Gasteiger partial charge in [0.15, 0.2) is 0 Å². The third-order valence-electron chi connectivity index (χ3n) is 2.79. The number of anilines is 2. The molecule has 1 aromatic heterocycles. The molecular weight excluding hydrogens is 257 g/mol. The quantitative estimate of drug-likeness (QED) is 0.901. The van der Waals surface area contributed by atoms with Crippen LogP contribution >= 0.6 is 0 Å². The highest BCUT2D eigenvalue weighted by Crippen LogP contribution is 2.32. The van der Waals surface area contributed by atoms with Gasteiger partial charge < -0.3 is 11.1 Å². The van der Waals surface area contributed by atoms with Crippen molar-refractivity contribution in [2.45, 2.75) is 12.7 Å². The van der Waals surface area contributed by atoms with Crippen molar-refractivity contribution in [3.8, 4) is 0 Å². The lowest BCUT2D eigenvalue weighted by Crippen LogP contribution is -2.13. The Morgan fingerprint density at radius 1 is 1.32 bits per heavy atom. The lowest BCUT2D eigenvalue weighted by molar-refractivity contribution is -0.138. The molecule has 7 heteroatoms. The van der Waals surface area contributed by atoms with Crippen molar-refractivity contribution < 1.29 is 13.2 Å². The second-order valence-electron chi connectivity index (χ2n) is 4.01. The molecule has 0 unspecified atom stereocenters. The van der Waals surface area contributed by atoms with E-state index in [1.165, 1.54) is 23.0 Å². The fourth-order valence-corrected chi connectivity index (χ4v) is 1.81. The van der Waals surface area contributed by atoms with Crippen molar-refractivity contribution in [3.05, 3.63) is 41.6 Å². The minimum absolute atomic E-state index is 0.0246. The summed E-state index contributed by atoms with van der Waals surface area (Å²) < 4.78 is 39.9. The fraction of sp³-hybridized carbons (Fsp3) is 0.250. The number of alkyl halides is 3. The molecule has 0 aliphatic carbocycles. The van der Waals surface area contributed by atoms with Gasteiger partial charge in [-0.15, -0.1) is 0 Å². The largest absolute Gasteiger partial charge is 0.416 e. The summed E-state index contributed by atoms with van der Waals surface area (Å²) >= 11 is 0. The van der Waals surface area contributed by atoms with E-state index in [9.17, 15) is 13.2 Å². The van der Waals surface area contributed by atoms with Gasteiger partial charge in [0.05, 0.1) is 24.0 Å². The van der Waals surface area contributed by atoms with Gasteiger partial charge in [-0.05, 0) is 11.6 Å². The Morgan fingerprint density at radius 2 is 2.00 bits per heavy atom. The standard InChI is InChI=1S/C12H13F3N4/c1-17-10-6-18-19(11(10)16)7-8-4-2-3-5-9(8)12(13,14)15/h2-6,17H,7,16H2,1H3. The Hall–Kier alpha value is -2.18. The molecule has 2 rings (SSSR count). The minimum Gasteiger partial charge on any atom is -0.384 e. The molecule has 0 aliphatic rings.